The number of fused-ring (bicyclic) bond motifs is 1. The number of nitrogens with zero attached hydrogens (tertiary/aromatic N) is 4. The van der Waals surface area contributed by atoms with Crippen molar-refractivity contribution in [1.29, 1.82) is 0 Å². The van der Waals surface area contributed by atoms with Crippen LogP contribution in [0.5, 0.6) is 0 Å². The monoisotopic (exact) mass is 339 g/mol. The van der Waals surface area contributed by atoms with Crippen LogP contribution in [0.3, 0.4) is 0 Å². The van der Waals surface area contributed by atoms with Crippen molar-refractivity contribution in [2.24, 2.45) is 0 Å². The van der Waals surface area contributed by atoms with Gasteiger partial charge in [0.2, 0.25) is 0 Å². The zero-order chi connectivity index (χ0) is 16.4. The van der Waals surface area contributed by atoms with Crippen LogP contribution in [0.25, 0.3) is 16.2 Å². The molecule has 122 valence electrons. The average molecular weight is 339 g/mol. The first-order valence-electron chi connectivity index (χ1n) is 7.72. The average Bonchev–Trinajstić information content (AvgIpc) is 3.32. The first kappa shape index (κ1) is 14.9. The number of hydrogen-bond donors (Lipinski definition) is 2. The number of rotatable bonds is 6. The van der Waals surface area contributed by atoms with Crippen LogP contribution >= 0.6 is 11.3 Å². The van der Waals surface area contributed by atoms with Crippen molar-refractivity contribution in [1.82, 2.24) is 19.2 Å². The second kappa shape index (κ2) is 6.46. The van der Waals surface area contributed by atoms with Crippen LogP contribution in [-0.2, 0) is 13.1 Å². The van der Waals surface area contributed by atoms with Gasteiger partial charge in [-0.25, -0.2) is 9.67 Å². The van der Waals surface area contributed by atoms with E-state index in [-0.39, 0.29) is 6.61 Å². The van der Waals surface area contributed by atoms with Gasteiger partial charge >= 0.3 is 0 Å². The van der Waals surface area contributed by atoms with Gasteiger partial charge in [0.15, 0.2) is 0 Å². The van der Waals surface area contributed by atoms with Gasteiger partial charge in [0.1, 0.15) is 17.2 Å². The number of aromatic nitrogens is 4. The lowest BCUT2D eigenvalue weighted by Gasteiger charge is -2.06. The van der Waals surface area contributed by atoms with E-state index >= 15 is 0 Å². The molecule has 6 nitrogen and oxygen atoms in total. The van der Waals surface area contributed by atoms with Gasteiger partial charge in [-0.1, -0.05) is 12.1 Å². The summed E-state index contributed by atoms with van der Waals surface area (Å²) in [4.78, 5) is 5.70. The topological polar surface area (TPSA) is 67.4 Å². The summed E-state index contributed by atoms with van der Waals surface area (Å²) in [6.45, 7) is 1.11. The Bertz CT molecular complexity index is 908. The van der Waals surface area contributed by atoms with Crippen LogP contribution < -0.4 is 5.32 Å². The maximum atomic E-state index is 9.26. The Kier molecular flexibility index (Phi) is 4.02. The summed E-state index contributed by atoms with van der Waals surface area (Å²) < 4.78 is 3.80. The zero-order valence-corrected chi connectivity index (χ0v) is 13.8. The largest absolute Gasteiger partial charge is 0.394 e. The third-order valence-corrected chi connectivity index (χ3v) is 4.62. The van der Waals surface area contributed by atoms with Crippen molar-refractivity contribution in [3.8, 4) is 10.6 Å². The van der Waals surface area contributed by atoms with Crippen LogP contribution in [0.2, 0.25) is 0 Å². The molecule has 0 unspecified atom stereocenters. The van der Waals surface area contributed by atoms with E-state index < -0.39 is 0 Å². The molecule has 0 aliphatic heterocycles. The van der Waals surface area contributed by atoms with Crippen LogP contribution in [0.1, 0.15) is 5.69 Å². The van der Waals surface area contributed by atoms with E-state index in [1.807, 2.05) is 58.6 Å². The number of thiophene rings is 1. The Labute approximate surface area is 143 Å². The fourth-order valence-electron chi connectivity index (χ4n) is 2.62. The third-order valence-electron chi connectivity index (χ3n) is 3.73. The van der Waals surface area contributed by atoms with Gasteiger partial charge in [-0.3, -0.25) is 0 Å². The van der Waals surface area contributed by atoms with E-state index in [1.54, 1.807) is 16.0 Å². The van der Waals surface area contributed by atoms with E-state index in [0.29, 0.717) is 13.1 Å². The van der Waals surface area contributed by atoms with Gasteiger partial charge in [0.05, 0.1) is 30.3 Å². The van der Waals surface area contributed by atoms with Gasteiger partial charge in [-0.05, 0) is 23.6 Å². The fraction of sp³-hybridized carbons (Fsp3) is 0.176. The lowest BCUT2D eigenvalue weighted by molar-refractivity contribution is 0.270. The first-order chi connectivity index (χ1) is 11.8. The van der Waals surface area contributed by atoms with E-state index in [4.69, 9.17) is 0 Å². The summed E-state index contributed by atoms with van der Waals surface area (Å²) in [5.41, 5.74) is 2.80. The molecule has 4 aromatic rings. The molecule has 7 heteroatoms. The maximum absolute atomic E-state index is 9.26. The normalized spacial score (nSPS) is 11.2. The first-order valence-corrected chi connectivity index (χ1v) is 8.60. The number of anilines is 1. The summed E-state index contributed by atoms with van der Waals surface area (Å²) in [6.07, 6.45) is 3.99. The van der Waals surface area contributed by atoms with Gasteiger partial charge in [0.25, 0.3) is 0 Å². The molecule has 0 saturated heterocycles. The molecule has 24 heavy (non-hydrogen) atoms. The molecule has 0 aliphatic rings. The number of nitrogens with one attached hydrogen (secondary N) is 1. The van der Waals surface area contributed by atoms with Gasteiger partial charge in [-0.15, -0.1) is 11.3 Å². The van der Waals surface area contributed by atoms with E-state index in [2.05, 4.69) is 15.4 Å². The van der Waals surface area contributed by atoms with E-state index in [1.165, 1.54) is 0 Å². The summed E-state index contributed by atoms with van der Waals surface area (Å²) >= 11 is 1.65. The second-order valence-corrected chi connectivity index (χ2v) is 6.34. The van der Waals surface area contributed by atoms with Crippen molar-refractivity contribution in [2.75, 3.05) is 11.9 Å². The van der Waals surface area contributed by atoms with E-state index in [0.717, 1.165) is 27.7 Å². The molecule has 4 aromatic heterocycles. The highest BCUT2D eigenvalue weighted by atomic mass is 32.1. The molecule has 0 spiro atoms. The molecule has 4 rings (SSSR count). The summed E-state index contributed by atoms with van der Waals surface area (Å²) in [5, 5.41) is 19.2. The minimum atomic E-state index is 0.0502. The van der Waals surface area contributed by atoms with Crippen molar-refractivity contribution >= 4 is 22.8 Å². The Hall–Kier alpha value is -2.64. The van der Waals surface area contributed by atoms with Gasteiger partial charge < -0.3 is 14.8 Å². The lowest BCUT2D eigenvalue weighted by atomic mass is 10.3. The quantitative estimate of drug-likeness (QED) is 0.567. The van der Waals surface area contributed by atoms with Crippen LogP contribution in [0, 0.1) is 0 Å². The molecule has 0 aliphatic carbocycles. The maximum Gasteiger partial charge on any atom is 0.137 e. The number of pyridine rings is 1. The van der Waals surface area contributed by atoms with Crippen LogP contribution in [0.15, 0.2) is 54.2 Å². The molecule has 0 radical (unpaired) electrons. The Morgan fingerprint density at radius 2 is 2.17 bits per heavy atom. The molecule has 0 saturated carbocycles. The smallest absolute Gasteiger partial charge is 0.137 e. The Balaban J connectivity index is 1.56. The number of aliphatic hydroxyl groups is 1. The molecule has 2 N–H and O–H groups in total. The molecular weight excluding hydrogens is 322 g/mol. The highest BCUT2D eigenvalue weighted by Gasteiger charge is 2.10. The third kappa shape index (κ3) is 2.91. The minimum absolute atomic E-state index is 0.0502. The number of hydrogen-bond acceptors (Lipinski definition) is 5. The highest BCUT2D eigenvalue weighted by Crippen LogP contribution is 2.26. The lowest BCUT2D eigenvalue weighted by Crippen LogP contribution is -2.10. The number of aliphatic hydroxyl groups excluding tert-OH is 1. The molecule has 0 aromatic carbocycles. The van der Waals surface area contributed by atoms with Crippen LogP contribution in [-0.4, -0.2) is 30.9 Å². The predicted octanol–water partition coefficient (Wildman–Crippen LogP) is 2.86. The van der Waals surface area contributed by atoms with Gasteiger partial charge in [0, 0.05) is 18.5 Å². The SMILES string of the molecule is OCCn1nc(-c2cccs2)cc1NCc1cn2ccccc2n1. The van der Waals surface area contributed by atoms with Crippen molar-refractivity contribution in [3.63, 3.8) is 0 Å². The molecule has 0 atom stereocenters. The molecule has 4 heterocycles. The number of imidazole rings is 1. The van der Waals surface area contributed by atoms with Crippen molar-refractivity contribution in [2.45, 2.75) is 13.1 Å². The van der Waals surface area contributed by atoms with Crippen molar-refractivity contribution < 1.29 is 5.11 Å². The second-order valence-electron chi connectivity index (χ2n) is 5.39. The highest BCUT2D eigenvalue weighted by molar-refractivity contribution is 7.13. The predicted molar refractivity (Wildman–Crippen MR) is 95.1 cm³/mol. The van der Waals surface area contributed by atoms with Crippen LogP contribution in [0.4, 0.5) is 5.82 Å². The minimum Gasteiger partial charge on any atom is -0.394 e. The summed E-state index contributed by atoms with van der Waals surface area (Å²) in [6, 6.07) is 12.0. The zero-order valence-electron chi connectivity index (χ0n) is 13.0. The summed E-state index contributed by atoms with van der Waals surface area (Å²) in [7, 11) is 0. The van der Waals surface area contributed by atoms with E-state index in [9.17, 15) is 5.11 Å². The molecule has 0 bridgehead atoms. The molecular formula is C17H17N5OS. The molecule has 0 fully saturated rings. The van der Waals surface area contributed by atoms with Crippen molar-refractivity contribution in [3.05, 3.63) is 59.9 Å². The molecule has 0 amide bonds. The fourth-order valence-corrected chi connectivity index (χ4v) is 3.30. The standard InChI is InChI=1S/C17H17N5OS/c23-8-7-22-17(10-14(20-22)15-4-3-9-24-15)18-11-13-12-21-6-2-1-5-16(21)19-13/h1-6,9-10,12,18,23H,7-8,11H2. The summed E-state index contributed by atoms with van der Waals surface area (Å²) in [5.74, 6) is 0.879. The Morgan fingerprint density at radius 1 is 1.21 bits per heavy atom. The van der Waals surface area contributed by atoms with Gasteiger partial charge in [-0.2, -0.15) is 5.10 Å². The Morgan fingerprint density at radius 3 is 2.96 bits per heavy atom.